The lowest BCUT2D eigenvalue weighted by Crippen LogP contribution is -2.43. The fraction of sp³-hybridized carbons (Fsp3) is 0.526. The zero-order chi connectivity index (χ0) is 18.0. The number of hydrogen-bond donors (Lipinski definition) is 1. The van der Waals surface area contributed by atoms with Gasteiger partial charge in [0.25, 0.3) is 5.56 Å². The molecule has 0 spiro atoms. The van der Waals surface area contributed by atoms with Gasteiger partial charge in [0, 0.05) is 18.6 Å². The molecule has 1 aromatic heterocycles. The second-order valence-electron chi connectivity index (χ2n) is 6.94. The highest BCUT2D eigenvalue weighted by atomic mass is 16.2. The second-order valence-corrected chi connectivity index (χ2v) is 6.94. The Hall–Kier alpha value is -2.21. The number of fused-ring (bicyclic) bond motifs is 1. The summed E-state index contributed by atoms with van der Waals surface area (Å²) in [5.41, 5.74) is 0.549. The molecule has 0 radical (unpaired) electrons. The van der Waals surface area contributed by atoms with E-state index in [4.69, 9.17) is 0 Å². The van der Waals surface area contributed by atoms with Gasteiger partial charge in [-0.05, 0) is 45.7 Å². The lowest BCUT2D eigenvalue weighted by atomic mass is 10.2. The highest BCUT2D eigenvalue weighted by molar-refractivity contribution is 5.79. The molecule has 2 aromatic rings. The van der Waals surface area contributed by atoms with Gasteiger partial charge in [0.2, 0.25) is 5.91 Å². The maximum absolute atomic E-state index is 12.6. The number of rotatable bonds is 7. The zero-order valence-corrected chi connectivity index (χ0v) is 15.2. The number of nitrogens with one attached hydrogen (secondary N) is 1. The summed E-state index contributed by atoms with van der Waals surface area (Å²) in [6.07, 6.45) is 2.22. The fourth-order valence-electron chi connectivity index (χ4n) is 3.11. The third-order valence-electron chi connectivity index (χ3n) is 4.73. The monoisotopic (exact) mass is 342 g/mol. The zero-order valence-electron chi connectivity index (χ0n) is 15.2. The molecule has 6 heteroatoms. The highest BCUT2D eigenvalue weighted by Gasteiger charge is 2.32. The molecule has 1 saturated carbocycles. The Kier molecular flexibility index (Phi) is 5.18. The van der Waals surface area contributed by atoms with Crippen molar-refractivity contribution in [3.05, 3.63) is 40.4 Å². The molecular formula is C19H26N4O2. The number of carbonyl (C=O) groups excluding carboxylic acids is 1. The molecule has 1 amide bonds. The summed E-state index contributed by atoms with van der Waals surface area (Å²) in [5.74, 6) is 0.751. The van der Waals surface area contributed by atoms with E-state index in [1.54, 1.807) is 6.07 Å². The Morgan fingerprint density at radius 2 is 2.04 bits per heavy atom. The van der Waals surface area contributed by atoms with Gasteiger partial charge in [-0.3, -0.25) is 14.5 Å². The summed E-state index contributed by atoms with van der Waals surface area (Å²) in [4.78, 5) is 36.3. The van der Waals surface area contributed by atoms with E-state index in [9.17, 15) is 9.59 Å². The average molecular weight is 342 g/mol. The molecule has 0 atom stereocenters. The molecule has 134 valence electrons. The van der Waals surface area contributed by atoms with E-state index in [-0.39, 0.29) is 17.5 Å². The van der Waals surface area contributed by atoms with Crippen LogP contribution in [0.2, 0.25) is 0 Å². The van der Waals surface area contributed by atoms with E-state index in [1.165, 1.54) is 0 Å². The minimum Gasteiger partial charge on any atom is -0.339 e. The molecule has 1 aromatic carbocycles. The maximum atomic E-state index is 12.6. The summed E-state index contributed by atoms with van der Waals surface area (Å²) < 4.78 is 0. The van der Waals surface area contributed by atoms with E-state index >= 15 is 0 Å². The SMILES string of the molecule is CCN(C(=O)CN(Cc1nc2ccccc2c(=O)[nH]1)C(C)C)C1CC1. The lowest BCUT2D eigenvalue weighted by molar-refractivity contribution is -0.133. The van der Waals surface area contributed by atoms with Gasteiger partial charge >= 0.3 is 0 Å². The van der Waals surface area contributed by atoms with Crippen LogP contribution in [0.3, 0.4) is 0 Å². The first-order valence-electron chi connectivity index (χ1n) is 9.01. The minimum atomic E-state index is -0.135. The third kappa shape index (κ3) is 4.07. The second kappa shape index (κ2) is 7.35. The van der Waals surface area contributed by atoms with Gasteiger partial charge in [-0.1, -0.05) is 12.1 Å². The van der Waals surface area contributed by atoms with Crippen LogP contribution in [-0.4, -0.2) is 50.8 Å². The summed E-state index contributed by atoms with van der Waals surface area (Å²) in [5, 5.41) is 0.587. The minimum absolute atomic E-state index is 0.135. The van der Waals surface area contributed by atoms with E-state index < -0.39 is 0 Å². The first kappa shape index (κ1) is 17.6. The molecule has 3 rings (SSSR count). The van der Waals surface area contributed by atoms with E-state index in [1.807, 2.05) is 30.0 Å². The summed E-state index contributed by atoms with van der Waals surface area (Å²) in [6, 6.07) is 7.91. The van der Waals surface area contributed by atoms with Crippen LogP contribution >= 0.6 is 0 Å². The quantitative estimate of drug-likeness (QED) is 0.837. The number of likely N-dealkylation sites (N-methyl/N-ethyl adjacent to an activating group) is 1. The first-order chi connectivity index (χ1) is 12.0. The molecule has 6 nitrogen and oxygen atoms in total. The molecule has 1 aliphatic carbocycles. The number of aromatic amines is 1. The van der Waals surface area contributed by atoms with Gasteiger partial charge in [0.15, 0.2) is 0 Å². The van der Waals surface area contributed by atoms with Crippen LogP contribution in [0.25, 0.3) is 10.9 Å². The number of carbonyl (C=O) groups is 1. The van der Waals surface area contributed by atoms with Crippen molar-refractivity contribution in [2.45, 2.75) is 52.2 Å². The molecule has 0 aliphatic heterocycles. The smallest absolute Gasteiger partial charge is 0.258 e. The number of nitrogens with zero attached hydrogens (tertiary/aromatic N) is 3. The van der Waals surface area contributed by atoms with Gasteiger partial charge < -0.3 is 9.88 Å². The predicted octanol–water partition coefficient (Wildman–Crippen LogP) is 2.14. The fourth-order valence-corrected chi connectivity index (χ4v) is 3.11. The molecule has 0 saturated heterocycles. The van der Waals surface area contributed by atoms with Crippen molar-refractivity contribution in [3.8, 4) is 0 Å². The van der Waals surface area contributed by atoms with Gasteiger partial charge in [-0.25, -0.2) is 4.98 Å². The molecule has 1 heterocycles. The normalized spacial score (nSPS) is 14.4. The Morgan fingerprint density at radius 1 is 1.32 bits per heavy atom. The van der Waals surface area contributed by atoms with Crippen LogP contribution < -0.4 is 5.56 Å². The van der Waals surface area contributed by atoms with Gasteiger partial charge in [0.05, 0.1) is 24.0 Å². The standard InChI is InChI=1S/C19H26N4O2/c1-4-23(14-9-10-14)18(24)12-22(13(2)3)11-17-20-16-8-6-5-7-15(16)19(25)21-17/h5-8,13-14H,4,9-12H2,1-3H3,(H,20,21,25). The number of para-hydroxylation sites is 1. The molecule has 25 heavy (non-hydrogen) atoms. The largest absolute Gasteiger partial charge is 0.339 e. The van der Waals surface area contributed by atoms with Crippen LogP contribution in [0.5, 0.6) is 0 Å². The maximum Gasteiger partial charge on any atom is 0.258 e. The topological polar surface area (TPSA) is 69.3 Å². The summed E-state index contributed by atoms with van der Waals surface area (Å²) in [6.45, 7) is 7.68. The molecule has 0 unspecified atom stereocenters. The lowest BCUT2D eigenvalue weighted by Gasteiger charge is -2.29. The van der Waals surface area contributed by atoms with Crippen molar-refractivity contribution in [2.75, 3.05) is 13.1 Å². The summed E-state index contributed by atoms with van der Waals surface area (Å²) >= 11 is 0. The van der Waals surface area contributed by atoms with Crippen molar-refractivity contribution in [1.29, 1.82) is 0 Å². The Labute approximate surface area is 147 Å². The molecule has 1 fully saturated rings. The first-order valence-corrected chi connectivity index (χ1v) is 9.01. The Balaban J connectivity index is 1.77. The third-order valence-corrected chi connectivity index (χ3v) is 4.73. The van der Waals surface area contributed by atoms with E-state index in [0.29, 0.717) is 35.9 Å². The predicted molar refractivity (Wildman–Crippen MR) is 98.3 cm³/mol. The van der Waals surface area contributed by atoms with Gasteiger partial charge in [0.1, 0.15) is 5.82 Å². The van der Waals surface area contributed by atoms with E-state index in [2.05, 4.69) is 28.7 Å². The van der Waals surface area contributed by atoms with Crippen LogP contribution in [0.4, 0.5) is 0 Å². The van der Waals surface area contributed by atoms with Crippen LogP contribution in [-0.2, 0) is 11.3 Å². The molecule has 0 bridgehead atoms. The van der Waals surface area contributed by atoms with Crippen molar-refractivity contribution >= 4 is 16.8 Å². The summed E-state index contributed by atoms with van der Waals surface area (Å²) in [7, 11) is 0. The molecule has 1 N–H and O–H groups in total. The van der Waals surface area contributed by atoms with Crippen molar-refractivity contribution in [3.63, 3.8) is 0 Å². The van der Waals surface area contributed by atoms with Crippen molar-refractivity contribution in [2.24, 2.45) is 0 Å². The van der Waals surface area contributed by atoms with Crippen LogP contribution in [0.15, 0.2) is 29.1 Å². The molecule has 1 aliphatic rings. The van der Waals surface area contributed by atoms with E-state index in [0.717, 1.165) is 19.4 Å². The average Bonchev–Trinajstić information content (AvgIpc) is 3.40. The number of aromatic nitrogens is 2. The van der Waals surface area contributed by atoms with Gasteiger partial charge in [-0.2, -0.15) is 0 Å². The molecular weight excluding hydrogens is 316 g/mol. The number of H-pyrrole nitrogens is 1. The van der Waals surface area contributed by atoms with Crippen molar-refractivity contribution in [1.82, 2.24) is 19.8 Å². The Bertz CT molecular complexity index is 810. The number of benzene rings is 1. The van der Waals surface area contributed by atoms with Crippen LogP contribution in [0, 0.1) is 0 Å². The Morgan fingerprint density at radius 3 is 2.68 bits per heavy atom. The number of amides is 1. The van der Waals surface area contributed by atoms with Crippen LogP contribution in [0.1, 0.15) is 39.4 Å². The highest BCUT2D eigenvalue weighted by Crippen LogP contribution is 2.26. The number of hydrogen-bond acceptors (Lipinski definition) is 4. The van der Waals surface area contributed by atoms with Gasteiger partial charge in [-0.15, -0.1) is 0 Å². The van der Waals surface area contributed by atoms with Crippen molar-refractivity contribution < 1.29 is 4.79 Å².